The van der Waals surface area contributed by atoms with E-state index in [0.29, 0.717) is 24.1 Å². The van der Waals surface area contributed by atoms with E-state index in [9.17, 15) is 18.0 Å². The van der Waals surface area contributed by atoms with Crippen molar-refractivity contribution >= 4 is 22.5 Å². The van der Waals surface area contributed by atoms with Crippen molar-refractivity contribution < 1.29 is 18.0 Å². The number of amides is 1. The van der Waals surface area contributed by atoms with Crippen LogP contribution in [0.25, 0.3) is 22.2 Å². The Balaban J connectivity index is 1.71. The summed E-state index contributed by atoms with van der Waals surface area (Å²) in [5.74, 6) is -0.108. The zero-order valence-corrected chi connectivity index (χ0v) is 13.5. The summed E-state index contributed by atoms with van der Waals surface area (Å²) < 4.78 is 38.8. The highest BCUT2D eigenvalue weighted by molar-refractivity contribution is 6.06. The van der Waals surface area contributed by atoms with E-state index in [1.54, 1.807) is 6.07 Å². The molecule has 0 atom stereocenters. The number of halogens is 3. The maximum absolute atomic E-state index is 12.9. The molecule has 0 saturated heterocycles. The van der Waals surface area contributed by atoms with Crippen molar-refractivity contribution in [2.75, 3.05) is 0 Å². The second-order valence-electron chi connectivity index (χ2n) is 6.16. The van der Waals surface area contributed by atoms with Crippen LogP contribution in [0.15, 0.2) is 53.6 Å². The van der Waals surface area contributed by atoms with Crippen LogP contribution in [0.2, 0.25) is 0 Å². The molecular formula is C19H14F3N3O. The van der Waals surface area contributed by atoms with Crippen molar-refractivity contribution in [3.8, 4) is 11.3 Å². The van der Waals surface area contributed by atoms with Crippen LogP contribution >= 0.6 is 0 Å². The van der Waals surface area contributed by atoms with Crippen molar-refractivity contribution in [1.82, 2.24) is 10.4 Å². The van der Waals surface area contributed by atoms with Gasteiger partial charge in [-0.05, 0) is 41.5 Å². The molecule has 4 rings (SSSR count). The van der Waals surface area contributed by atoms with Crippen LogP contribution in [0.1, 0.15) is 24.0 Å². The zero-order valence-electron chi connectivity index (χ0n) is 13.5. The first-order valence-corrected chi connectivity index (χ1v) is 8.06. The minimum atomic E-state index is -4.38. The average Bonchev–Trinajstić information content (AvgIpc) is 3.05. The number of alkyl halides is 3. The van der Waals surface area contributed by atoms with Crippen molar-refractivity contribution in [3.63, 3.8) is 0 Å². The first kappa shape index (κ1) is 16.4. The van der Waals surface area contributed by atoms with Gasteiger partial charge in [-0.2, -0.15) is 18.3 Å². The lowest BCUT2D eigenvalue weighted by Crippen LogP contribution is -2.25. The standard InChI is InChI=1S/C19H14F3N3O/c20-19(21,22)14-3-1-2-11(9-14)17-10-13-8-12(4-5-15(13)23-17)16-6-7-18(26)25-24-16/h1-5,8-10,23H,6-7H2,(H,25,26). The van der Waals surface area contributed by atoms with Crippen LogP contribution in [-0.4, -0.2) is 16.6 Å². The molecule has 7 heteroatoms. The van der Waals surface area contributed by atoms with Crippen LogP contribution in [0.3, 0.4) is 0 Å². The highest BCUT2D eigenvalue weighted by atomic mass is 19.4. The number of hydrogen-bond acceptors (Lipinski definition) is 2. The smallest absolute Gasteiger partial charge is 0.355 e. The second kappa shape index (κ2) is 6.01. The van der Waals surface area contributed by atoms with Gasteiger partial charge in [0.2, 0.25) is 5.91 Å². The molecule has 0 bridgehead atoms. The predicted molar refractivity (Wildman–Crippen MR) is 92.7 cm³/mol. The number of hydrazone groups is 1. The number of carbonyl (C=O) groups is 1. The largest absolute Gasteiger partial charge is 0.416 e. The lowest BCUT2D eigenvalue weighted by Gasteiger charge is -2.11. The van der Waals surface area contributed by atoms with Gasteiger partial charge in [0.15, 0.2) is 0 Å². The SMILES string of the molecule is O=C1CCC(c2ccc3[nH]c(-c4cccc(C(F)(F)F)c4)cc3c2)=NN1. The predicted octanol–water partition coefficient (Wildman–Crippen LogP) is 4.47. The van der Waals surface area contributed by atoms with Crippen LogP contribution in [0.4, 0.5) is 13.2 Å². The molecule has 0 saturated carbocycles. The maximum Gasteiger partial charge on any atom is 0.416 e. The molecule has 2 aromatic carbocycles. The Bertz CT molecular complexity index is 1030. The molecule has 0 spiro atoms. The fourth-order valence-electron chi connectivity index (χ4n) is 3.01. The van der Waals surface area contributed by atoms with Crippen molar-refractivity contribution in [2.45, 2.75) is 19.0 Å². The highest BCUT2D eigenvalue weighted by Crippen LogP contribution is 2.33. The van der Waals surface area contributed by atoms with Gasteiger partial charge in [-0.1, -0.05) is 18.2 Å². The van der Waals surface area contributed by atoms with Gasteiger partial charge in [0.25, 0.3) is 0 Å². The third kappa shape index (κ3) is 3.08. The number of rotatable bonds is 2. The molecule has 0 radical (unpaired) electrons. The van der Waals surface area contributed by atoms with Gasteiger partial charge in [-0.15, -0.1) is 0 Å². The summed E-state index contributed by atoms with van der Waals surface area (Å²) in [6, 6.07) is 12.7. The molecule has 0 fully saturated rings. The summed E-state index contributed by atoms with van der Waals surface area (Å²) >= 11 is 0. The van der Waals surface area contributed by atoms with Gasteiger partial charge in [-0.25, -0.2) is 5.43 Å². The number of nitrogens with zero attached hydrogens (tertiary/aromatic N) is 1. The number of aromatic amines is 1. The molecule has 1 aromatic heterocycles. The van der Waals surface area contributed by atoms with Gasteiger partial charge in [0.05, 0.1) is 11.3 Å². The van der Waals surface area contributed by atoms with Crippen molar-refractivity contribution in [1.29, 1.82) is 0 Å². The Hall–Kier alpha value is -3.09. The van der Waals surface area contributed by atoms with E-state index in [0.717, 1.165) is 34.3 Å². The number of H-pyrrole nitrogens is 1. The third-order valence-corrected chi connectivity index (χ3v) is 4.36. The summed E-state index contributed by atoms with van der Waals surface area (Å²) in [4.78, 5) is 14.4. The summed E-state index contributed by atoms with van der Waals surface area (Å²) in [6.07, 6.45) is -3.43. The Labute approximate surface area is 146 Å². The fourth-order valence-corrected chi connectivity index (χ4v) is 3.01. The van der Waals surface area contributed by atoms with E-state index >= 15 is 0 Å². The molecule has 1 aliphatic rings. The molecule has 4 nitrogen and oxygen atoms in total. The fraction of sp³-hybridized carbons (Fsp3) is 0.158. The lowest BCUT2D eigenvalue weighted by atomic mass is 10.0. The molecule has 26 heavy (non-hydrogen) atoms. The van der Waals surface area contributed by atoms with Crippen molar-refractivity contribution in [3.05, 3.63) is 59.7 Å². The zero-order chi connectivity index (χ0) is 18.3. The molecule has 2 N–H and O–H groups in total. The number of benzene rings is 2. The number of aromatic nitrogens is 1. The van der Waals surface area contributed by atoms with Gasteiger partial charge < -0.3 is 4.98 Å². The normalized spacial score (nSPS) is 15.0. The monoisotopic (exact) mass is 357 g/mol. The number of hydrogen-bond donors (Lipinski definition) is 2. The number of carbonyl (C=O) groups excluding carboxylic acids is 1. The first-order chi connectivity index (χ1) is 12.4. The molecule has 132 valence electrons. The van der Waals surface area contributed by atoms with Crippen LogP contribution in [0.5, 0.6) is 0 Å². The quantitative estimate of drug-likeness (QED) is 0.699. The summed E-state index contributed by atoms with van der Waals surface area (Å²) in [5.41, 5.74) is 5.36. The molecule has 1 amide bonds. The van der Waals surface area contributed by atoms with E-state index < -0.39 is 11.7 Å². The lowest BCUT2D eigenvalue weighted by molar-refractivity contribution is -0.137. The average molecular weight is 357 g/mol. The van der Waals surface area contributed by atoms with E-state index in [2.05, 4.69) is 15.5 Å². The molecule has 2 heterocycles. The van der Waals surface area contributed by atoms with E-state index in [1.165, 1.54) is 6.07 Å². The van der Waals surface area contributed by atoms with Gasteiger partial charge in [-0.3, -0.25) is 4.79 Å². The van der Waals surface area contributed by atoms with Gasteiger partial charge in [0, 0.05) is 29.4 Å². The summed E-state index contributed by atoms with van der Waals surface area (Å²) in [5, 5.41) is 4.94. The van der Waals surface area contributed by atoms with Crippen LogP contribution in [-0.2, 0) is 11.0 Å². The molecule has 0 aliphatic carbocycles. The topological polar surface area (TPSA) is 57.2 Å². The molecule has 1 aliphatic heterocycles. The minimum absolute atomic E-state index is 0.108. The van der Waals surface area contributed by atoms with Gasteiger partial charge in [0.1, 0.15) is 0 Å². The van der Waals surface area contributed by atoms with Crippen molar-refractivity contribution in [2.24, 2.45) is 5.10 Å². The number of nitrogens with one attached hydrogen (secondary N) is 2. The molecule has 3 aromatic rings. The maximum atomic E-state index is 12.9. The van der Waals surface area contributed by atoms with Gasteiger partial charge >= 0.3 is 6.18 Å². The summed E-state index contributed by atoms with van der Waals surface area (Å²) in [7, 11) is 0. The molecular weight excluding hydrogens is 343 g/mol. The third-order valence-electron chi connectivity index (χ3n) is 4.36. The molecule has 0 unspecified atom stereocenters. The Morgan fingerprint density at radius 1 is 0.962 bits per heavy atom. The first-order valence-electron chi connectivity index (χ1n) is 8.06. The summed E-state index contributed by atoms with van der Waals surface area (Å²) in [6.45, 7) is 0. The van der Waals surface area contributed by atoms with E-state index in [1.807, 2.05) is 24.3 Å². The Morgan fingerprint density at radius 2 is 1.81 bits per heavy atom. The highest BCUT2D eigenvalue weighted by Gasteiger charge is 2.30. The van der Waals surface area contributed by atoms with Crippen LogP contribution in [0, 0.1) is 0 Å². The van der Waals surface area contributed by atoms with E-state index in [-0.39, 0.29) is 5.91 Å². The Morgan fingerprint density at radius 3 is 2.54 bits per heavy atom. The second-order valence-corrected chi connectivity index (χ2v) is 6.16. The minimum Gasteiger partial charge on any atom is -0.355 e. The van der Waals surface area contributed by atoms with E-state index in [4.69, 9.17) is 0 Å². The van der Waals surface area contributed by atoms with Crippen LogP contribution < -0.4 is 5.43 Å². The number of fused-ring (bicyclic) bond motifs is 1. The Kier molecular flexibility index (Phi) is 3.79.